The normalized spacial score (nSPS) is 19.3. The molecule has 4 nitrogen and oxygen atoms in total. The van der Waals surface area contributed by atoms with Crippen LogP contribution in [0.1, 0.15) is 52.7 Å². The maximum Gasteiger partial charge on any atom is 0.254 e. The molecule has 4 rings (SSSR count). The summed E-state index contributed by atoms with van der Waals surface area (Å²) >= 11 is 12.5. The van der Waals surface area contributed by atoms with E-state index in [0.29, 0.717) is 22.2 Å². The summed E-state index contributed by atoms with van der Waals surface area (Å²) < 4.78 is 0. The molecule has 1 aliphatic rings. The molecule has 0 aromatic heterocycles. The van der Waals surface area contributed by atoms with Crippen LogP contribution in [0.4, 0.5) is 0 Å². The second-order valence-corrected chi connectivity index (χ2v) is 10.1. The molecule has 3 aromatic carbocycles. The molecule has 1 amide bonds. The summed E-state index contributed by atoms with van der Waals surface area (Å²) in [6.07, 6.45) is 2.23. The lowest BCUT2D eigenvalue weighted by Crippen LogP contribution is -2.43. The smallest absolute Gasteiger partial charge is 0.254 e. The summed E-state index contributed by atoms with van der Waals surface area (Å²) in [5.74, 6) is 0.159. The summed E-state index contributed by atoms with van der Waals surface area (Å²) in [5, 5.41) is 11.8. The van der Waals surface area contributed by atoms with Gasteiger partial charge in [0, 0.05) is 25.1 Å². The third-order valence-electron chi connectivity index (χ3n) is 6.98. The molecule has 184 valence electrons. The fourth-order valence-corrected chi connectivity index (χ4v) is 5.33. The van der Waals surface area contributed by atoms with Crippen molar-refractivity contribution in [3.8, 4) is 0 Å². The molecule has 6 heteroatoms. The predicted molar refractivity (Wildman–Crippen MR) is 143 cm³/mol. The number of hydrogen-bond acceptors (Lipinski definition) is 3. The highest BCUT2D eigenvalue weighted by molar-refractivity contribution is 6.42. The van der Waals surface area contributed by atoms with E-state index in [9.17, 15) is 9.90 Å². The van der Waals surface area contributed by atoms with Gasteiger partial charge in [0.2, 0.25) is 0 Å². The summed E-state index contributed by atoms with van der Waals surface area (Å²) in [6, 6.07) is 25.1. The van der Waals surface area contributed by atoms with Crippen molar-refractivity contribution in [3.05, 3.63) is 106 Å². The molecule has 0 unspecified atom stereocenters. The number of amides is 1. The van der Waals surface area contributed by atoms with Gasteiger partial charge in [0.15, 0.2) is 0 Å². The third-order valence-corrected chi connectivity index (χ3v) is 7.72. The Morgan fingerprint density at radius 1 is 1.03 bits per heavy atom. The van der Waals surface area contributed by atoms with Crippen molar-refractivity contribution in [2.75, 3.05) is 26.7 Å². The molecule has 1 N–H and O–H groups in total. The predicted octanol–water partition coefficient (Wildman–Crippen LogP) is 6.44. The van der Waals surface area contributed by atoms with Gasteiger partial charge < -0.3 is 14.9 Å². The lowest BCUT2D eigenvalue weighted by atomic mass is 9.87. The first-order valence-corrected chi connectivity index (χ1v) is 12.9. The van der Waals surface area contributed by atoms with Gasteiger partial charge in [0.05, 0.1) is 22.2 Å². The SMILES string of the molecule is CN(C(=O)c1ccccc1)[C@@H](CCCN1CC[C@@H](c2ccccc2)[C@H](O)C1)c1ccc(Cl)c(Cl)c1. The molecule has 0 spiro atoms. The molecule has 0 saturated carbocycles. The van der Waals surface area contributed by atoms with Crippen LogP contribution in [0, 0.1) is 0 Å². The number of aliphatic hydroxyl groups is 1. The standard InChI is InChI=1S/C29H32Cl2N2O2/c1-32(29(35)22-11-6-3-7-12-22)27(23-14-15-25(30)26(31)19-23)13-8-17-33-18-16-24(28(34)20-33)21-9-4-2-5-10-21/h2-7,9-12,14-15,19,24,27-28,34H,8,13,16-18,20H2,1H3/t24-,27-,28+/m0/s1. The van der Waals surface area contributed by atoms with Gasteiger partial charge in [-0.3, -0.25) is 4.79 Å². The molecule has 0 bridgehead atoms. The van der Waals surface area contributed by atoms with E-state index in [0.717, 1.165) is 37.9 Å². The minimum absolute atomic E-state index is 0.0271. The number of likely N-dealkylation sites (tertiary alicyclic amines) is 1. The molecule has 1 fully saturated rings. The number of piperidine rings is 1. The van der Waals surface area contributed by atoms with E-state index in [4.69, 9.17) is 23.2 Å². The van der Waals surface area contributed by atoms with Crippen LogP contribution in [0.5, 0.6) is 0 Å². The van der Waals surface area contributed by atoms with E-state index < -0.39 is 0 Å². The van der Waals surface area contributed by atoms with Gasteiger partial charge in [-0.05, 0) is 67.7 Å². The Bertz CT molecular complexity index is 1110. The van der Waals surface area contributed by atoms with Crippen LogP contribution in [0.3, 0.4) is 0 Å². The Morgan fingerprint density at radius 3 is 2.37 bits per heavy atom. The fourth-order valence-electron chi connectivity index (χ4n) is 5.03. The van der Waals surface area contributed by atoms with Crippen LogP contribution < -0.4 is 0 Å². The molecule has 3 atom stereocenters. The number of aliphatic hydroxyl groups excluding tert-OH is 1. The minimum atomic E-state index is -0.376. The van der Waals surface area contributed by atoms with Crippen molar-refractivity contribution in [2.45, 2.75) is 37.3 Å². The van der Waals surface area contributed by atoms with Gasteiger partial charge in [-0.25, -0.2) is 0 Å². The summed E-state index contributed by atoms with van der Waals surface area (Å²) in [7, 11) is 1.84. The van der Waals surface area contributed by atoms with Crippen LogP contribution in [-0.2, 0) is 0 Å². The van der Waals surface area contributed by atoms with Crippen molar-refractivity contribution in [3.63, 3.8) is 0 Å². The zero-order chi connectivity index (χ0) is 24.8. The monoisotopic (exact) mass is 510 g/mol. The Balaban J connectivity index is 1.41. The van der Waals surface area contributed by atoms with E-state index in [1.807, 2.05) is 67.7 Å². The zero-order valence-corrected chi connectivity index (χ0v) is 21.5. The first-order valence-electron chi connectivity index (χ1n) is 12.2. The van der Waals surface area contributed by atoms with Gasteiger partial charge >= 0.3 is 0 Å². The molecular weight excluding hydrogens is 479 g/mol. The van der Waals surface area contributed by atoms with Crippen molar-refractivity contribution in [1.82, 2.24) is 9.80 Å². The Hall–Kier alpha value is -2.37. The number of carbonyl (C=O) groups is 1. The number of hydrogen-bond donors (Lipinski definition) is 1. The zero-order valence-electron chi connectivity index (χ0n) is 20.0. The Morgan fingerprint density at radius 2 is 1.71 bits per heavy atom. The highest BCUT2D eigenvalue weighted by Crippen LogP contribution is 2.32. The van der Waals surface area contributed by atoms with Crippen LogP contribution in [-0.4, -0.2) is 53.6 Å². The van der Waals surface area contributed by atoms with E-state index in [1.165, 1.54) is 5.56 Å². The number of rotatable bonds is 8. The first-order chi connectivity index (χ1) is 16.9. The van der Waals surface area contributed by atoms with Crippen molar-refractivity contribution in [2.24, 2.45) is 0 Å². The van der Waals surface area contributed by atoms with Gasteiger partial charge in [-0.2, -0.15) is 0 Å². The number of benzene rings is 3. The maximum atomic E-state index is 13.2. The van der Waals surface area contributed by atoms with Gasteiger partial charge in [0.1, 0.15) is 0 Å². The second-order valence-electron chi connectivity index (χ2n) is 9.29. The van der Waals surface area contributed by atoms with Crippen molar-refractivity contribution in [1.29, 1.82) is 0 Å². The molecular formula is C29H32Cl2N2O2. The van der Waals surface area contributed by atoms with E-state index >= 15 is 0 Å². The highest BCUT2D eigenvalue weighted by Gasteiger charge is 2.29. The van der Waals surface area contributed by atoms with Gasteiger partial charge in [0.25, 0.3) is 5.91 Å². The molecule has 0 radical (unpaired) electrons. The first kappa shape index (κ1) is 25.7. The van der Waals surface area contributed by atoms with E-state index in [-0.39, 0.29) is 24.0 Å². The van der Waals surface area contributed by atoms with Crippen molar-refractivity contribution >= 4 is 29.1 Å². The molecule has 1 saturated heterocycles. The number of halogens is 2. The minimum Gasteiger partial charge on any atom is -0.391 e. The van der Waals surface area contributed by atoms with Crippen LogP contribution in [0.15, 0.2) is 78.9 Å². The summed E-state index contributed by atoms with van der Waals surface area (Å²) in [6.45, 7) is 2.48. The van der Waals surface area contributed by atoms with E-state index in [2.05, 4.69) is 17.0 Å². The average molecular weight is 511 g/mol. The highest BCUT2D eigenvalue weighted by atomic mass is 35.5. The fraction of sp³-hybridized carbons (Fsp3) is 0.345. The van der Waals surface area contributed by atoms with Crippen LogP contribution in [0.2, 0.25) is 10.0 Å². The third kappa shape index (κ3) is 6.45. The van der Waals surface area contributed by atoms with Crippen molar-refractivity contribution < 1.29 is 9.90 Å². The number of β-amino-alcohol motifs (C(OH)–C–C–N with tert-alkyl or cyclic N) is 1. The molecule has 0 aliphatic carbocycles. The number of carbonyl (C=O) groups excluding carboxylic acids is 1. The maximum absolute atomic E-state index is 13.2. The van der Waals surface area contributed by atoms with Gasteiger partial charge in [-0.15, -0.1) is 0 Å². The summed E-state index contributed by atoms with van der Waals surface area (Å²) in [4.78, 5) is 17.3. The molecule has 35 heavy (non-hydrogen) atoms. The summed E-state index contributed by atoms with van der Waals surface area (Å²) in [5.41, 5.74) is 2.83. The molecule has 1 heterocycles. The Kier molecular flexibility index (Phi) is 8.85. The lowest BCUT2D eigenvalue weighted by molar-refractivity contribution is 0.0490. The quantitative estimate of drug-likeness (QED) is 0.379. The van der Waals surface area contributed by atoms with Crippen LogP contribution in [0.25, 0.3) is 0 Å². The molecule has 3 aromatic rings. The topological polar surface area (TPSA) is 43.8 Å². The number of nitrogens with zero attached hydrogens (tertiary/aromatic N) is 2. The average Bonchev–Trinajstić information content (AvgIpc) is 2.88. The second kappa shape index (κ2) is 12.0. The van der Waals surface area contributed by atoms with Crippen LogP contribution >= 0.6 is 23.2 Å². The largest absolute Gasteiger partial charge is 0.391 e. The van der Waals surface area contributed by atoms with Gasteiger partial charge in [-0.1, -0.05) is 77.8 Å². The Labute approximate surface area is 218 Å². The van der Waals surface area contributed by atoms with E-state index in [1.54, 1.807) is 11.0 Å². The molecule has 1 aliphatic heterocycles. The lowest BCUT2D eigenvalue weighted by Gasteiger charge is -2.37.